The molecule has 0 amide bonds. The van der Waals surface area contributed by atoms with Crippen molar-refractivity contribution in [1.82, 2.24) is 0 Å². The van der Waals surface area contributed by atoms with Gasteiger partial charge in [0, 0.05) is 7.11 Å². The Morgan fingerprint density at radius 2 is 1.81 bits per heavy atom. The smallest absolute Gasteiger partial charge is 0.311 e. The molecular formula is C25H40O7. The Balaban J connectivity index is 2.06. The molecule has 0 aromatic rings. The predicted molar refractivity (Wildman–Crippen MR) is 119 cm³/mol. The number of fused-ring (bicyclic) bond motifs is 3. The van der Waals surface area contributed by atoms with Crippen molar-refractivity contribution < 1.29 is 34.0 Å². The number of hydrogen-bond acceptors (Lipinski definition) is 7. The van der Waals surface area contributed by atoms with Crippen LogP contribution < -0.4 is 0 Å². The Labute approximate surface area is 191 Å². The number of carbonyl (C=O) groups is 1. The zero-order valence-electron chi connectivity index (χ0n) is 20.5. The molecule has 1 fully saturated rings. The van der Waals surface area contributed by atoms with Gasteiger partial charge in [0.1, 0.15) is 12.9 Å². The molecule has 0 radical (unpaired) electrons. The van der Waals surface area contributed by atoms with E-state index in [1.54, 1.807) is 20.8 Å². The molecule has 2 N–H and O–H groups in total. The van der Waals surface area contributed by atoms with Crippen molar-refractivity contribution in [1.29, 1.82) is 0 Å². The van der Waals surface area contributed by atoms with Crippen LogP contribution in [0.2, 0.25) is 0 Å². The molecule has 0 spiro atoms. The van der Waals surface area contributed by atoms with E-state index in [1.165, 1.54) is 24.8 Å². The van der Waals surface area contributed by atoms with Gasteiger partial charge in [-0.05, 0) is 82.8 Å². The fraction of sp³-hybridized carbons (Fsp3) is 0.800. The molecule has 32 heavy (non-hydrogen) atoms. The minimum atomic E-state index is -1.95. The van der Waals surface area contributed by atoms with Gasteiger partial charge < -0.3 is 29.2 Å². The van der Waals surface area contributed by atoms with Crippen molar-refractivity contribution in [3.63, 3.8) is 0 Å². The van der Waals surface area contributed by atoms with Gasteiger partial charge in [0.2, 0.25) is 11.6 Å². The van der Waals surface area contributed by atoms with Crippen molar-refractivity contribution in [2.75, 3.05) is 13.9 Å². The molecule has 3 aliphatic rings. The van der Waals surface area contributed by atoms with Crippen molar-refractivity contribution in [2.24, 2.45) is 29.1 Å². The van der Waals surface area contributed by atoms with Crippen molar-refractivity contribution in [3.8, 4) is 0 Å². The number of ether oxygens (including phenoxy) is 4. The second-order valence-electron chi connectivity index (χ2n) is 11.0. The minimum absolute atomic E-state index is 0.0151. The second kappa shape index (κ2) is 9.18. The molecule has 1 aliphatic carbocycles. The van der Waals surface area contributed by atoms with Crippen LogP contribution in [0, 0.1) is 29.1 Å². The van der Waals surface area contributed by atoms with Crippen molar-refractivity contribution >= 4 is 5.97 Å². The third kappa shape index (κ3) is 4.97. The van der Waals surface area contributed by atoms with E-state index in [0.717, 1.165) is 6.42 Å². The highest BCUT2D eigenvalue weighted by Crippen LogP contribution is 2.49. The lowest BCUT2D eigenvalue weighted by Crippen LogP contribution is -2.52. The van der Waals surface area contributed by atoms with E-state index in [0.29, 0.717) is 24.7 Å². The van der Waals surface area contributed by atoms with Crippen LogP contribution in [0.5, 0.6) is 0 Å². The molecule has 2 bridgehead atoms. The molecule has 2 aliphatic heterocycles. The average molecular weight is 453 g/mol. The normalized spacial score (nSPS) is 39.7. The molecule has 2 unspecified atom stereocenters. The van der Waals surface area contributed by atoms with Gasteiger partial charge in [0.15, 0.2) is 6.10 Å². The highest BCUT2D eigenvalue weighted by atomic mass is 16.8. The van der Waals surface area contributed by atoms with Gasteiger partial charge >= 0.3 is 5.97 Å². The Bertz CT molecular complexity index is 752. The molecule has 0 aromatic heterocycles. The molecule has 2 heterocycles. The summed E-state index contributed by atoms with van der Waals surface area (Å²) in [5.74, 6) is -3.29. The molecule has 0 aromatic carbocycles. The molecule has 3 rings (SSSR count). The summed E-state index contributed by atoms with van der Waals surface area (Å²) >= 11 is 0. The third-order valence-corrected chi connectivity index (χ3v) is 7.23. The Morgan fingerprint density at radius 3 is 2.38 bits per heavy atom. The van der Waals surface area contributed by atoms with Gasteiger partial charge in [-0.3, -0.25) is 4.79 Å². The SMILES string of the molecule is COCO[C@H]1C[C@H]2C(C)=CC[C@H](C(C)C)[C@H]2C[C@@H](OC(=O)C(C)(C)C)C2(O)C=CC1(O)O2. The van der Waals surface area contributed by atoms with Gasteiger partial charge in [-0.25, -0.2) is 0 Å². The molecule has 182 valence electrons. The van der Waals surface area contributed by atoms with Crippen LogP contribution in [-0.2, 0) is 23.7 Å². The summed E-state index contributed by atoms with van der Waals surface area (Å²) in [4.78, 5) is 12.8. The summed E-state index contributed by atoms with van der Waals surface area (Å²) in [6.07, 6.45) is 5.20. The third-order valence-electron chi connectivity index (χ3n) is 7.23. The zero-order chi connectivity index (χ0) is 23.9. The van der Waals surface area contributed by atoms with Gasteiger partial charge in [-0.15, -0.1) is 0 Å². The van der Waals surface area contributed by atoms with Crippen molar-refractivity contribution in [2.45, 2.75) is 84.6 Å². The van der Waals surface area contributed by atoms with E-state index < -0.39 is 35.2 Å². The first-order chi connectivity index (χ1) is 14.8. The van der Waals surface area contributed by atoms with E-state index in [9.17, 15) is 15.0 Å². The lowest BCUT2D eigenvalue weighted by molar-refractivity contribution is -0.337. The Hall–Kier alpha value is -1.25. The van der Waals surface area contributed by atoms with E-state index in [1.807, 2.05) is 0 Å². The number of allylic oxidation sites excluding steroid dienone is 2. The van der Waals surface area contributed by atoms with Gasteiger partial charge in [0.05, 0.1) is 5.41 Å². The lowest BCUT2D eigenvalue weighted by Gasteiger charge is -2.43. The van der Waals surface area contributed by atoms with Crippen LogP contribution in [0.25, 0.3) is 0 Å². The molecule has 0 saturated carbocycles. The summed E-state index contributed by atoms with van der Waals surface area (Å²) in [5, 5.41) is 22.8. The summed E-state index contributed by atoms with van der Waals surface area (Å²) in [6.45, 7) is 11.8. The number of aliphatic hydroxyl groups is 2. The topological polar surface area (TPSA) is 94.5 Å². The first-order valence-electron chi connectivity index (χ1n) is 11.6. The van der Waals surface area contributed by atoms with Crippen molar-refractivity contribution in [3.05, 3.63) is 23.8 Å². The predicted octanol–water partition coefficient (Wildman–Crippen LogP) is 3.55. The standard InChI is InChI=1S/C25H40O7/c1-15(2)17-9-8-16(3)18-12-20(30-14-29-7)24(27)10-11-25(28,32-24)21(13-19(17)18)31-22(26)23(4,5)6/h8,10-11,15,17-21,27-28H,9,12-14H2,1-7H3/t17-,18+,19-,20+,21-,24?,25?/m1/s1. The Morgan fingerprint density at radius 1 is 1.19 bits per heavy atom. The summed E-state index contributed by atoms with van der Waals surface area (Å²) in [5.41, 5.74) is 0.479. The number of methoxy groups -OCH3 is 1. The second-order valence-corrected chi connectivity index (χ2v) is 11.0. The molecule has 7 atom stereocenters. The van der Waals surface area contributed by atoms with Crippen LogP contribution in [-0.4, -0.2) is 53.9 Å². The van der Waals surface area contributed by atoms with Crippen LogP contribution in [0.3, 0.4) is 0 Å². The van der Waals surface area contributed by atoms with E-state index >= 15 is 0 Å². The highest BCUT2D eigenvalue weighted by Gasteiger charge is 2.57. The molecule has 7 heteroatoms. The van der Waals surface area contributed by atoms with E-state index in [2.05, 4.69) is 26.8 Å². The number of carbonyl (C=O) groups excluding carboxylic acids is 1. The van der Waals surface area contributed by atoms with Gasteiger partial charge in [-0.1, -0.05) is 25.5 Å². The number of rotatable bonds is 5. The summed E-state index contributed by atoms with van der Waals surface area (Å²) in [7, 11) is 1.52. The molecule has 1 saturated heterocycles. The quantitative estimate of drug-likeness (QED) is 0.374. The molecule has 7 nitrogen and oxygen atoms in total. The minimum Gasteiger partial charge on any atom is -0.456 e. The van der Waals surface area contributed by atoms with E-state index in [-0.39, 0.29) is 18.6 Å². The lowest BCUT2D eigenvalue weighted by atomic mass is 9.64. The highest BCUT2D eigenvalue weighted by molar-refractivity contribution is 5.75. The maximum Gasteiger partial charge on any atom is 0.311 e. The largest absolute Gasteiger partial charge is 0.456 e. The summed E-state index contributed by atoms with van der Waals surface area (Å²) in [6, 6.07) is 0. The summed E-state index contributed by atoms with van der Waals surface area (Å²) < 4.78 is 22.7. The fourth-order valence-corrected chi connectivity index (χ4v) is 5.26. The van der Waals surface area contributed by atoms with Crippen LogP contribution in [0.1, 0.15) is 60.8 Å². The van der Waals surface area contributed by atoms with Gasteiger partial charge in [-0.2, -0.15) is 0 Å². The fourth-order valence-electron chi connectivity index (χ4n) is 5.26. The van der Waals surface area contributed by atoms with Gasteiger partial charge in [0.25, 0.3) is 0 Å². The average Bonchev–Trinajstić information content (AvgIpc) is 3.02. The Kier molecular flexibility index (Phi) is 7.28. The molecular weight excluding hydrogens is 412 g/mol. The van der Waals surface area contributed by atoms with Crippen LogP contribution >= 0.6 is 0 Å². The number of hydrogen-bond donors (Lipinski definition) is 2. The first kappa shape index (κ1) is 25.4. The maximum absolute atomic E-state index is 12.8. The maximum atomic E-state index is 12.8. The van der Waals surface area contributed by atoms with Crippen LogP contribution in [0.15, 0.2) is 23.8 Å². The van der Waals surface area contributed by atoms with Crippen LogP contribution in [0.4, 0.5) is 0 Å². The zero-order valence-corrected chi connectivity index (χ0v) is 20.5. The monoisotopic (exact) mass is 452 g/mol. The number of esters is 1. The van der Waals surface area contributed by atoms with E-state index in [4.69, 9.17) is 18.9 Å². The first-order valence-corrected chi connectivity index (χ1v) is 11.6.